The second kappa shape index (κ2) is 12.8. The van der Waals surface area contributed by atoms with Gasteiger partial charge >= 0.3 is 5.97 Å². The summed E-state index contributed by atoms with van der Waals surface area (Å²) < 4.78 is 4.66. The van der Waals surface area contributed by atoms with E-state index >= 15 is 0 Å². The van der Waals surface area contributed by atoms with Crippen LogP contribution in [-0.2, 0) is 14.3 Å². The third kappa shape index (κ3) is 7.58. The number of hydrogen-bond acceptors (Lipinski definition) is 4. The van der Waals surface area contributed by atoms with E-state index in [2.05, 4.69) is 23.8 Å². The first kappa shape index (κ1) is 23.6. The largest absolute Gasteiger partial charge is 0.469 e. The minimum Gasteiger partial charge on any atom is -0.469 e. The Labute approximate surface area is 176 Å². The molecule has 1 N–H and O–H groups in total. The van der Waals surface area contributed by atoms with Crippen molar-refractivity contribution >= 4 is 11.8 Å². The van der Waals surface area contributed by atoms with Crippen LogP contribution in [0.3, 0.4) is 0 Å². The third-order valence-electron chi connectivity index (χ3n) is 6.31. The number of Topliss-reactive ketones (excluding diaryl/α,β-unsaturated/α-hetero) is 1. The Bertz CT molecular complexity index is 622. The molecule has 1 aromatic carbocycles. The number of carbonyl (C=O) groups is 2. The van der Waals surface area contributed by atoms with Crippen molar-refractivity contribution in [2.24, 2.45) is 5.92 Å². The molecule has 0 aromatic heterocycles. The number of ketones is 1. The fourth-order valence-electron chi connectivity index (χ4n) is 4.48. The summed E-state index contributed by atoms with van der Waals surface area (Å²) >= 11 is 0. The first-order chi connectivity index (χ1) is 14.1. The van der Waals surface area contributed by atoms with E-state index in [1.165, 1.54) is 12.7 Å². The highest BCUT2D eigenvalue weighted by molar-refractivity contribution is 5.84. The van der Waals surface area contributed by atoms with Crippen molar-refractivity contribution in [1.82, 2.24) is 0 Å². The molecule has 2 rings (SSSR count). The molecule has 1 aliphatic rings. The maximum atomic E-state index is 12.4. The lowest BCUT2D eigenvalue weighted by atomic mass is 9.84. The van der Waals surface area contributed by atoms with Crippen molar-refractivity contribution < 1.29 is 19.4 Å². The van der Waals surface area contributed by atoms with Gasteiger partial charge in [0.1, 0.15) is 5.78 Å². The summed E-state index contributed by atoms with van der Waals surface area (Å²) in [5.41, 5.74) is 2.22. The molecular weight excluding hydrogens is 364 g/mol. The molecule has 0 bridgehead atoms. The number of ether oxygens (including phenoxy) is 1. The lowest BCUT2D eigenvalue weighted by molar-refractivity contribution is -0.140. The Hall–Kier alpha value is -1.68. The van der Waals surface area contributed by atoms with Crippen molar-refractivity contribution in [2.45, 2.75) is 96.0 Å². The van der Waals surface area contributed by atoms with Gasteiger partial charge in [-0.2, -0.15) is 0 Å². The van der Waals surface area contributed by atoms with E-state index in [-0.39, 0.29) is 18.0 Å². The summed E-state index contributed by atoms with van der Waals surface area (Å²) in [6.45, 7) is 2.17. The van der Waals surface area contributed by atoms with Gasteiger partial charge in [-0.05, 0) is 42.7 Å². The number of aliphatic hydroxyl groups is 1. The molecule has 1 fully saturated rings. The van der Waals surface area contributed by atoms with Crippen LogP contribution in [0.15, 0.2) is 24.3 Å². The lowest BCUT2D eigenvalue weighted by Crippen LogP contribution is -2.13. The van der Waals surface area contributed by atoms with E-state index in [4.69, 9.17) is 0 Å². The minimum atomic E-state index is -0.387. The van der Waals surface area contributed by atoms with Crippen LogP contribution in [0.4, 0.5) is 0 Å². The van der Waals surface area contributed by atoms with Crippen LogP contribution in [0.5, 0.6) is 0 Å². The van der Waals surface area contributed by atoms with Crippen LogP contribution in [-0.4, -0.2) is 24.0 Å². The molecule has 0 aliphatic heterocycles. The molecule has 0 heterocycles. The first-order valence-electron chi connectivity index (χ1n) is 11.4. The van der Waals surface area contributed by atoms with Gasteiger partial charge in [0.2, 0.25) is 0 Å². The number of rotatable bonds is 13. The molecule has 0 saturated heterocycles. The quantitative estimate of drug-likeness (QED) is 0.331. The van der Waals surface area contributed by atoms with Crippen LogP contribution in [0.2, 0.25) is 0 Å². The maximum Gasteiger partial charge on any atom is 0.305 e. The van der Waals surface area contributed by atoms with E-state index in [0.29, 0.717) is 24.5 Å². The van der Waals surface area contributed by atoms with Crippen LogP contribution < -0.4 is 0 Å². The molecule has 162 valence electrons. The molecule has 0 radical (unpaired) electrons. The zero-order chi connectivity index (χ0) is 21.1. The second-order valence-electron chi connectivity index (χ2n) is 8.43. The minimum absolute atomic E-state index is 0.121. The van der Waals surface area contributed by atoms with Gasteiger partial charge < -0.3 is 9.84 Å². The summed E-state index contributed by atoms with van der Waals surface area (Å²) in [5.74, 6) is 0.683. The molecule has 1 saturated carbocycles. The lowest BCUT2D eigenvalue weighted by Gasteiger charge is -2.20. The Morgan fingerprint density at radius 2 is 1.83 bits per heavy atom. The van der Waals surface area contributed by atoms with Crippen LogP contribution in [0, 0.1) is 5.92 Å². The van der Waals surface area contributed by atoms with Gasteiger partial charge in [-0.15, -0.1) is 0 Å². The summed E-state index contributed by atoms with van der Waals surface area (Å²) in [6, 6.07) is 8.31. The normalized spacial score (nSPS) is 20.0. The Morgan fingerprint density at radius 3 is 2.52 bits per heavy atom. The predicted molar refractivity (Wildman–Crippen MR) is 116 cm³/mol. The number of esters is 1. The van der Waals surface area contributed by atoms with Gasteiger partial charge in [-0.25, -0.2) is 0 Å². The van der Waals surface area contributed by atoms with E-state index in [1.54, 1.807) is 0 Å². The van der Waals surface area contributed by atoms with E-state index in [9.17, 15) is 14.7 Å². The van der Waals surface area contributed by atoms with Crippen LogP contribution in [0.25, 0.3) is 0 Å². The van der Waals surface area contributed by atoms with Gasteiger partial charge in [0, 0.05) is 18.8 Å². The summed E-state index contributed by atoms with van der Waals surface area (Å²) in [6.07, 6.45) is 10.8. The fraction of sp³-hybridized carbons (Fsp3) is 0.680. The molecule has 0 amide bonds. The van der Waals surface area contributed by atoms with E-state index in [0.717, 1.165) is 69.8 Å². The third-order valence-corrected chi connectivity index (χ3v) is 6.31. The van der Waals surface area contributed by atoms with E-state index < -0.39 is 0 Å². The van der Waals surface area contributed by atoms with Gasteiger partial charge in [-0.3, -0.25) is 9.59 Å². The highest BCUT2D eigenvalue weighted by atomic mass is 16.5. The number of hydrogen-bond donors (Lipinski definition) is 1. The monoisotopic (exact) mass is 402 g/mol. The van der Waals surface area contributed by atoms with Gasteiger partial charge in [-0.1, -0.05) is 69.7 Å². The molecule has 4 nitrogen and oxygen atoms in total. The molecule has 1 aromatic rings. The summed E-state index contributed by atoms with van der Waals surface area (Å²) in [5, 5.41) is 10.4. The van der Waals surface area contributed by atoms with Crippen LogP contribution in [0.1, 0.15) is 107 Å². The number of unbranched alkanes of at least 4 members (excludes halogenated alkanes) is 5. The van der Waals surface area contributed by atoms with Gasteiger partial charge in [0.25, 0.3) is 0 Å². The molecule has 1 aliphatic carbocycles. The highest BCUT2D eigenvalue weighted by Gasteiger charge is 2.34. The van der Waals surface area contributed by atoms with Crippen molar-refractivity contribution in [2.75, 3.05) is 7.11 Å². The fourth-order valence-corrected chi connectivity index (χ4v) is 4.48. The highest BCUT2D eigenvalue weighted by Crippen LogP contribution is 2.40. The van der Waals surface area contributed by atoms with Crippen LogP contribution >= 0.6 is 0 Å². The topological polar surface area (TPSA) is 63.6 Å². The van der Waals surface area contributed by atoms with Gasteiger partial charge in [0.05, 0.1) is 13.2 Å². The molecule has 29 heavy (non-hydrogen) atoms. The molecule has 0 unspecified atom stereocenters. The van der Waals surface area contributed by atoms with Crippen molar-refractivity contribution in [3.63, 3.8) is 0 Å². The molecule has 4 heteroatoms. The van der Waals surface area contributed by atoms with Gasteiger partial charge in [0.15, 0.2) is 0 Å². The first-order valence-corrected chi connectivity index (χ1v) is 11.4. The second-order valence-corrected chi connectivity index (χ2v) is 8.43. The average molecular weight is 403 g/mol. The Balaban J connectivity index is 1.82. The summed E-state index contributed by atoms with van der Waals surface area (Å²) in [4.78, 5) is 23.6. The van der Waals surface area contributed by atoms with Crippen molar-refractivity contribution in [1.29, 1.82) is 0 Å². The average Bonchev–Trinajstić information content (AvgIpc) is 3.10. The summed E-state index contributed by atoms with van der Waals surface area (Å²) in [7, 11) is 1.42. The van der Waals surface area contributed by atoms with Crippen molar-refractivity contribution in [3.05, 3.63) is 35.4 Å². The van der Waals surface area contributed by atoms with Crippen molar-refractivity contribution in [3.8, 4) is 0 Å². The predicted octanol–water partition coefficient (Wildman–Crippen LogP) is 5.88. The Morgan fingerprint density at radius 1 is 1.10 bits per heavy atom. The standard InChI is InChI=1S/C25H38O4/c1-3-4-7-11-23(26)20-15-13-19(14-16-20)21-17-18-24(27)22(21)10-8-5-6-9-12-25(28)29-2/h13-16,21-23,26H,3-12,17-18H2,1-2H3/t21-,22+,23-/m1/s1. The number of methoxy groups -OCH3 is 1. The zero-order valence-corrected chi connectivity index (χ0v) is 18.2. The zero-order valence-electron chi connectivity index (χ0n) is 18.2. The number of aliphatic hydroxyl groups excluding tert-OH is 1. The number of benzene rings is 1. The molecular formula is C25H38O4. The molecule has 3 atom stereocenters. The number of carbonyl (C=O) groups excluding carboxylic acids is 2. The van der Waals surface area contributed by atoms with E-state index in [1.807, 2.05) is 12.1 Å². The SMILES string of the molecule is CCCCC[C@@H](O)c1ccc([C@H]2CCC(=O)[C@H]2CCCCCCC(=O)OC)cc1. The maximum absolute atomic E-state index is 12.4. The smallest absolute Gasteiger partial charge is 0.305 e. The molecule has 0 spiro atoms. The Kier molecular flexibility index (Phi) is 10.4.